The van der Waals surface area contributed by atoms with Crippen molar-refractivity contribution in [2.75, 3.05) is 0 Å². The standard InChI is InChI=1S/C52H32N4/c1-2-12-37(13-3-1)55-48-19-8-6-17-41(48)45-29-35(22-25-50(45)55)36-23-26-51-46(30-36)42-18-7-9-20-49(42)56(51)38-14-10-11-33(27-38)34-21-24-43-44(28-34)39-15-4-5-16-40(39)47-31-53-32-54-52(43)47/h1-32H. The Bertz CT molecular complexity index is 3500. The topological polar surface area (TPSA) is 35.6 Å². The summed E-state index contributed by atoms with van der Waals surface area (Å²) in [7, 11) is 0. The number of rotatable bonds is 4. The van der Waals surface area contributed by atoms with E-state index < -0.39 is 0 Å². The van der Waals surface area contributed by atoms with Gasteiger partial charge in [-0.05, 0) is 105 Å². The molecule has 0 atom stereocenters. The fraction of sp³-hybridized carbons (Fsp3) is 0. The number of aromatic nitrogens is 4. The Labute approximate surface area is 322 Å². The third-order valence-corrected chi connectivity index (χ3v) is 11.6. The second kappa shape index (κ2) is 12.0. The smallest absolute Gasteiger partial charge is 0.116 e. The third-order valence-electron chi connectivity index (χ3n) is 11.6. The quantitative estimate of drug-likeness (QED) is 0.170. The molecule has 4 nitrogen and oxygen atoms in total. The van der Waals surface area contributed by atoms with Crippen molar-refractivity contribution >= 4 is 76.1 Å². The van der Waals surface area contributed by atoms with E-state index in [2.05, 4.69) is 196 Å². The van der Waals surface area contributed by atoms with Crippen LogP contribution in [0.25, 0.3) is 110 Å². The Morgan fingerprint density at radius 2 is 0.804 bits per heavy atom. The van der Waals surface area contributed by atoms with Crippen molar-refractivity contribution in [1.82, 2.24) is 19.1 Å². The fourth-order valence-corrected chi connectivity index (χ4v) is 9.11. The molecular weight excluding hydrogens is 681 g/mol. The summed E-state index contributed by atoms with van der Waals surface area (Å²) >= 11 is 0. The largest absolute Gasteiger partial charge is 0.309 e. The number of fused-ring (bicyclic) bond motifs is 12. The van der Waals surface area contributed by atoms with Crippen molar-refractivity contribution in [3.05, 3.63) is 195 Å². The molecule has 4 heteroatoms. The van der Waals surface area contributed by atoms with E-state index in [-0.39, 0.29) is 0 Å². The first-order valence-electron chi connectivity index (χ1n) is 19.1. The Balaban J connectivity index is 1.00. The summed E-state index contributed by atoms with van der Waals surface area (Å²) < 4.78 is 4.78. The van der Waals surface area contributed by atoms with Crippen molar-refractivity contribution in [2.24, 2.45) is 0 Å². The number of para-hydroxylation sites is 3. The maximum Gasteiger partial charge on any atom is 0.116 e. The molecule has 0 saturated carbocycles. The molecule has 0 unspecified atom stereocenters. The maximum absolute atomic E-state index is 4.72. The molecule has 0 fully saturated rings. The molecule has 3 heterocycles. The number of hydrogen-bond acceptors (Lipinski definition) is 2. The minimum Gasteiger partial charge on any atom is -0.309 e. The number of hydrogen-bond donors (Lipinski definition) is 0. The lowest BCUT2D eigenvalue weighted by Gasteiger charge is -2.13. The average molecular weight is 713 g/mol. The minimum atomic E-state index is 0.984. The molecule has 12 rings (SSSR count). The van der Waals surface area contributed by atoms with Gasteiger partial charge in [-0.15, -0.1) is 0 Å². The van der Waals surface area contributed by atoms with Crippen molar-refractivity contribution in [1.29, 1.82) is 0 Å². The fourth-order valence-electron chi connectivity index (χ4n) is 9.11. The molecule has 9 aromatic carbocycles. The van der Waals surface area contributed by atoms with Gasteiger partial charge in [0.25, 0.3) is 0 Å². The molecule has 0 radical (unpaired) electrons. The molecule has 0 aliphatic rings. The molecule has 0 N–H and O–H groups in total. The van der Waals surface area contributed by atoms with E-state index in [0.717, 1.165) is 22.0 Å². The summed E-state index contributed by atoms with van der Waals surface area (Å²) in [4.78, 5) is 9.06. The molecule has 0 spiro atoms. The molecule has 0 aliphatic carbocycles. The van der Waals surface area contributed by atoms with E-state index in [9.17, 15) is 0 Å². The highest BCUT2D eigenvalue weighted by Gasteiger charge is 2.17. The van der Waals surface area contributed by atoms with Crippen molar-refractivity contribution in [2.45, 2.75) is 0 Å². The van der Waals surface area contributed by atoms with Crippen LogP contribution in [0, 0.1) is 0 Å². The highest BCUT2D eigenvalue weighted by Crippen LogP contribution is 2.40. The lowest BCUT2D eigenvalue weighted by Crippen LogP contribution is -1.94. The van der Waals surface area contributed by atoms with Gasteiger partial charge >= 0.3 is 0 Å². The van der Waals surface area contributed by atoms with Crippen LogP contribution in [0.3, 0.4) is 0 Å². The summed E-state index contributed by atoms with van der Waals surface area (Å²) in [6.45, 7) is 0. The second-order valence-corrected chi connectivity index (χ2v) is 14.6. The van der Waals surface area contributed by atoms with E-state index in [4.69, 9.17) is 4.98 Å². The lowest BCUT2D eigenvalue weighted by molar-refractivity contribution is 1.18. The van der Waals surface area contributed by atoms with Gasteiger partial charge in [0.1, 0.15) is 6.33 Å². The van der Waals surface area contributed by atoms with Crippen molar-refractivity contribution in [3.63, 3.8) is 0 Å². The molecule has 0 bridgehead atoms. The molecule has 0 saturated heterocycles. The van der Waals surface area contributed by atoms with Crippen molar-refractivity contribution < 1.29 is 0 Å². The molecule has 56 heavy (non-hydrogen) atoms. The molecule has 0 amide bonds. The Hall–Kier alpha value is -7.56. The molecule has 0 aliphatic heterocycles. The molecule has 260 valence electrons. The second-order valence-electron chi connectivity index (χ2n) is 14.6. The normalized spacial score (nSPS) is 11.9. The van der Waals surface area contributed by atoms with Crippen LogP contribution in [-0.2, 0) is 0 Å². The van der Waals surface area contributed by atoms with Crippen LogP contribution < -0.4 is 0 Å². The van der Waals surface area contributed by atoms with Crippen LogP contribution in [0.1, 0.15) is 0 Å². The van der Waals surface area contributed by atoms with Crippen LogP contribution in [-0.4, -0.2) is 19.1 Å². The zero-order chi connectivity index (χ0) is 36.7. The van der Waals surface area contributed by atoms with Gasteiger partial charge in [-0.1, -0.05) is 115 Å². The Kier molecular flexibility index (Phi) is 6.60. The zero-order valence-electron chi connectivity index (χ0n) is 30.3. The predicted octanol–water partition coefficient (Wildman–Crippen LogP) is 13.5. The van der Waals surface area contributed by atoms with E-state index in [1.807, 2.05) is 6.20 Å². The van der Waals surface area contributed by atoms with Gasteiger partial charge in [-0.25, -0.2) is 9.97 Å². The van der Waals surface area contributed by atoms with Crippen LogP contribution in [0.5, 0.6) is 0 Å². The Morgan fingerprint density at radius 1 is 0.304 bits per heavy atom. The summed E-state index contributed by atoms with van der Waals surface area (Å²) in [5.41, 5.74) is 12.8. The minimum absolute atomic E-state index is 0.984. The number of nitrogens with zero attached hydrogens (tertiary/aromatic N) is 4. The summed E-state index contributed by atoms with van der Waals surface area (Å²) in [6.07, 6.45) is 3.58. The van der Waals surface area contributed by atoms with E-state index in [1.165, 1.54) is 87.7 Å². The first-order valence-corrected chi connectivity index (χ1v) is 19.1. The first-order chi connectivity index (χ1) is 27.8. The molecule has 3 aromatic heterocycles. The van der Waals surface area contributed by atoms with Crippen molar-refractivity contribution in [3.8, 4) is 33.6 Å². The summed E-state index contributed by atoms with van der Waals surface area (Å²) in [5, 5.41) is 10.8. The Morgan fingerprint density at radius 3 is 1.48 bits per heavy atom. The van der Waals surface area contributed by atoms with Crippen LogP contribution >= 0.6 is 0 Å². The van der Waals surface area contributed by atoms with E-state index in [1.54, 1.807) is 6.33 Å². The van der Waals surface area contributed by atoms with Gasteiger partial charge in [-0.2, -0.15) is 0 Å². The molecule has 12 aromatic rings. The van der Waals surface area contributed by atoms with Gasteiger partial charge < -0.3 is 9.13 Å². The van der Waals surface area contributed by atoms with Gasteiger partial charge in [-0.3, -0.25) is 0 Å². The summed E-state index contributed by atoms with van der Waals surface area (Å²) in [6, 6.07) is 66.3. The lowest BCUT2D eigenvalue weighted by atomic mass is 9.94. The van der Waals surface area contributed by atoms with Crippen LogP contribution in [0.4, 0.5) is 0 Å². The average Bonchev–Trinajstić information content (AvgIpc) is 3.79. The number of benzene rings is 9. The highest BCUT2D eigenvalue weighted by atomic mass is 15.0. The van der Waals surface area contributed by atoms with Gasteiger partial charge in [0.2, 0.25) is 0 Å². The van der Waals surface area contributed by atoms with Crippen LogP contribution in [0.2, 0.25) is 0 Å². The first kappa shape index (κ1) is 30.9. The maximum atomic E-state index is 4.72. The highest BCUT2D eigenvalue weighted by molar-refractivity contribution is 6.24. The monoisotopic (exact) mass is 712 g/mol. The SMILES string of the molecule is c1ccc(-n2c3ccccc3c3cc(-c4ccc5c(c4)c4ccccc4n5-c4cccc(-c5ccc6c(c5)c5ccccc5c5cncnc65)c4)ccc32)cc1. The predicted molar refractivity (Wildman–Crippen MR) is 234 cm³/mol. The van der Waals surface area contributed by atoms with E-state index in [0.29, 0.717) is 0 Å². The van der Waals surface area contributed by atoms with Gasteiger partial charge in [0.05, 0.1) is 27.6 Å². The molecular formula is C52H32N4. The van der Waals surface area contributed by atoms with Gasteiger partial charge in [0, 0.05) is 49.9 Å². The summed E-state index contributed by atoms with van der Waals surface area (Å²) in [5.74, 6) is 0. The van der Waals surface area contributed by atoms with Gasteiger partial charge in [0.15, 0.2) is 0 Å². The third kappa shape index (κ3) is 4.53. The van der Waals surface area contributed by atoms with E-state index >= 15 is 0 Å². The van der Waals surface area contributed by atoms with Crippen LogP contribution in [0.15, 0.2) is 195 Å². The zero-order valence-corrected chi connectivity index (χ0v) is 30.3.